The largest absolute Gasteiger partial charge is 0.497 e. The van der Waals surface area contributed by atoms with E-state index < -0.39 is 11.9 Å². The Labute approximate surface area is 224 Å². The van der Waals surface area contributed by atoms with Gasteiger partial charge in [0.25, 0.3) is 5.56 Å². The van der Waals surface area contributed by atoms with Crippen LogP contribution in [0.5, 0.6) is 5.75 Å². The number of H-pyrrole nitrogens is 1. The summed E-state index contributed by atoms with van der Waals surface area (Å²) in [6.45, 7) is 1.96. The van der Waals surface area contributed by atoms with Crippen molar-refractivity contribution in [3.05, 3.63) is 123 Å². The monoisotopic (exact) mass is 525 g/mol. The number of rotatable bonds is 8. The summed E-state index contributed by atoms with van der Waals surface area (Å²) in [5, 5.41) is 3.80. The number of thioether (sulfide) groups is 1. The van der Waals surface area contributed by atoms with Gasteiger partial charge >= 0.3 is 5.97 Å². The Kier molecular flexibility index (Phi) is 7.60. The van der Waals surface area contributed by atoms with Crippen molar-refractivity contribution < 1.29 is 14.3 Å². The Morgan fingerprint density at radius 3 is 2.45 bits per heavy atom. The molecule has 0 fully saturated rings. The zero-order valence-corrected chi connectivity index (χ0v) is 21.9. The molecule has 4 aromatic rings. The molecule has 38 heavy (non-hydrogen) atoms. The van der Waals surface area contributed by atoms with Crippen molar-refractivity contribution in [1.29, 1.82) is 0 Å². The molecule has 7 nitrogen and oxygen atoms in total. The molecule has 1 aliphatic rings. The summed E-state index contributed by atoms with van der Waals surface area (Å²) in [7, 11) is 1.58. The second-order valence-corrected chi connectivity index (χ2v) is 9.58. The van der Waals surface area contributed by atoms with Crippen molar-refractivity contribution in [2.75, 3.05) is 19.0 Å². The summed E-state index contributed by atoms with van der Waals surface area (Å²) >= 11 is 1.44. The van der Waals surface area contributed by atoms with E-state index in [9.17, 15) is 9.59 Å². The number of nitrogens with one attached hydrogen (secondary N) is 2. The van der Waals surface area contributed by atoms with E-state index in [-0.39, 0.29) is 12.2 Å². The minimum atomic E-state index is -0.722. The molecule has 0 bridgehead atoms. The number of carbonyl (C=O) groups is 1. The maximum Gasteiger partial charge on any atom is 0.337 e. The minimum absolute atomic E-state index is 0.200. The molecule has 3 aromatic carbocycles. The number of hydrogen-bond donors (Lipinski definition) is 2. The molecule has 0 aliphatic carbocycles. The highest BCUT2D eigenvalue weighted by molar-refractivity contribution is 7.98. The quantitative estimate of drug-likeness (QED) is 0.176. The van der Waals surface area contributed by atoms with Gasteiger partial charge in [-0.25, -0.2) is 9.78 Å². The summed E-state index contributed by atoms with van der Waals surface area (Å²) < 4.78 is 11.0. The molecule has 192 valence electrons. The van der Waals surface area contributed by atoms with Gasteiger partial charge in [0.2, 0.25) is 0 Å². The molecule has 2 heterocycles. The van der Waals surface area contributed by atoms with E-state index in [2.05, 4.69) is 10.3 Å². The van der Waals surface area contributed by atoms with Crippen molar-refractivity contribution in [3.8, 4) is 5.75 Å². The number of benzene rings is 3. The summed E-state index contributed by atoms with van der Waals surface area (Å²) in [4.78, 5) is 34.9. The Hall–Kier alpha value is -4.30. The lowest BCUT2D eigenvalue weighted by molar-refractivity contribution is -0.138. The van der Waals surface area contributed by atoms with Crippen LogP contribution in [0.3, 0.4) is 0 Å². The van der Waals surface area contributed by atoms with Gasteiger partial charge in [-0.2, -0.15) is 0 Å². The first-order valence-electron chi connectivity index (χ1n) is 12.3. The van der Waals surface area contributed by atoms with Crippen molar-refractivity contribution in [3.63, 3.8) is 0 Å². The van der Waals surface area contributed by atoms with E-state index in [4.69, 9.17) is 14.5 Å². The summed E-state index contributed by atoms with van der Waals surface area (Å²) in [5.41, 5.74) is 3.56. The third-order valence-corrected chi connectivity index (χ3v) is 7.17. The van der Waals surface area contributed by atoms with Crippen molar-refractivity contribution in [1.82, 2.24) is 9.97 Å². The van der Waals surface area contributed by atoms with Crippen LogP contribution in [0.1, 0.15) is 35.1 Å². The molecule has 2 N–H and O–H groups in total. The molecule has 0 saturated heterocycles. The number of hydrogen-bond acceptors (Lipinski definition) is 7. The average molecular weight is 526 g/mol. The number of ether oxygens (including phenoxy) is 2. The molecule has 1 unspecified atom stereocenters. The van der Waals surface area contributed by atoms with Gasteiger partial charge in [-0.05, 0) is 35.7 Å². The van der Waals surface area contributed by atoms with Gasteiger partial charge in [0.05, 0.1) is 36.5 Å². The fraction of sp³-hybridized carbons (Fsp3) is 0.167. The number of esters is 1. The number of anilines is 1. The Morgan fingerprint density at radius 1 is 1.00 bits per heavy atom. The van der Waals surface area contributed by atoms with Gasteiger partial charge in [0.15, 0.2) is 5.16 Å². The van der Waals surface area contributed by atoms with Crippen LogP contribution < -0.4 is 15.6 Å². The second-order valence-electron chi connectivity index (χ2n) is 8.62. The van der Waals surface area contributed by atoms with Crippen LogP contribution in [0.25, 0.3) is 5.70 Å². The van der Waals surface area contributed by atoms with Crippen LogP contribution in [0.2, 0.25) is 0 Å². The van der Waals surface area contributed by atoms with Crippen molar-refractivity contribution in [2.45, 2.75) is 23.8 Å². The van der Waals surface area contributed by atoms with E-state index in [1.807, 2.05) is 84.9 Å². The van der Waals surface area contributed by atoms with Crippen LogP contribution >= 0.6 is 11.8 Å². The van der Waals surface area contributed by atoms with E-state index in [1.165, 1.54) is 11.8 Å². The number of carbonyl (C=O) groups excluding carboxylic acids is 1. The first-order valence-corrected chi connectivity index (χ1v) is 13.3. The first kappa shape index (κ1) is 25.4. The van der Waals surface area contributed by atoms with Gasteiger partial charge in [0.1, 0.15) is 11.6 Å². The number of fused-ring (bicyclic) bond motifs is 1. The average Bonchev–Trinajstić information content (AvgIpc) is 2.96. The lowest BCUT2D eigenvalue weighted by atomic mass is 9.81. The van der Waals surface area contributed by atoms with E-state index >= 15 is 0 Å². The number of aromatic amines is 1. The normalized spacial score (nSPS) is 14.4. The molecular weight excluding hydrogens is 498 g/mol. The number of nitrogens with zero attached hydrogens (tertiary/aromatic N) is 1. The fourth-order valence-corrected chi connectivity index (χ4v) is 5.33. The van der Waals surface area contributed by atoms with Crippen LogP contribution in [-0.4, -0.2) is 29.7 Å². The van der Waals surface area contributed by atoms with Crippen LogP contribution in [0, 0.1) is 0 Å². The van der Waals surface area contributed by atoms with Crippen LogP contribution in [0.15, 0.2) is 100 Å². The number of methoxy groups -OCH3 is 1. The van der Waals surface area contributed by atoms with E-state index in [0.29, 0.717) is 39.3 Å². The predicted molar refractivity (Wildman–Crippen MR) is 149 cm³/mol. The lowest BCUT2D eigenvalue weighted by Gasteiger charge is -2.30. The zero-order valence-electron chi connectivity index (χ0n) is 21.1. The maximum atomic E-state index is 13.6. The highest BCUT2D eigenvalue weighted by atomic mass is 32.2. The van der Waals surface area contributed by atoms with Crippen molar-refractivity contribution in [2.24, 2.45) is 0 Å². The number of aromatic nitrogens is 2. The van der Waals surface area contributed by atoms with Gasteiger partial charge in [0, 0.05) is 5.75 Å². The molecular formula is C30H27N3O4S. The van der Waals surface area contributed by atoms with Gasteiger partial charge in [-0.3, -0.25) is 4.79 Å². The van der Waals surface area contributed by atoms with Gasteiger partial charge in [-0.1, -0.05) is 84.6 Å². The third-order valence-electron chi connectivity index (χ3n) is 6.23. The molecule has 0 spiro atoms. The summed E-state index contributed by atoms with van der Waals surface area (Å²) in [6, 6.07) is 26.9. The van der Waals surface area contributed by atoms with Gasteiger partial charge < -0.3 is 19.8 Å². The standard InChI is InChI=1S/C30H27N3O4S/c1-3-37-29(35)24-23(21-15-10-16-22(17-21)36-2)25-27(31-26(24)20-13-8-5-9-14-20)32-30(33-28(25)34)38-18-19-11-6-4-7-12-19/h4-17,23H,3,18H2,1-2H3,(H2,31,32,33,34). The Morgan fingerprint density at radius 2 is 1.74 bits per heavy atom. The second kappa shape index (κ2) is 11.4. The summed E-state index contributed by atoms with van der Waals surface area (Å²) in [5.74, 6) is 0.451. The Balaban J connectivity index is 1.68. The zero-order chi connectivity index (χ0) is 26.5. The van der Waals surface area contributed by atoms with Gasteiger partial charge in [-0.15, -0.1) is 0 Å². The maximum absolute atomic E-state index is 13.6. The fourth-order valence-electron chi connectivity index (χ4n) is 4.51. The molecule has 0 amide bonds. The SMILES string of the molecule is CCOC(=O)C1=C(c2ccccc2)Nc2nc(SCc3ccccc3)[nH]c(=O)c2C1c1cccc(OC)c1. The smallest absolute Gasteiger partial charge is 0.337 e. The molecule has 1 aliphatic heterocycles. The third kappa shape index (κ3) is 5.21. The molecule has 0 saturated carbocycles. The van der Waals surface area contributed by atoms with Crippen LogP contribution in [-0.2, 0) is 15.3 Å². The molecule has 5 rings (SSSR count). The van der Waals surface area contributed by atoms with E-state index in [1.54, 1.807) is 14.0 Å². The van der Waals surface area contributed by atoms with Crippen molar-refractivity contribution >= 4 is 29.2 Å². The first-order chi connectivity index (χ1) is 18.6. The molecule has 0 radical (unpaired) electrons. The van der Waals surface area contributed by atoms with E-state index in [0.717, 1.165) is 16.7 Å². The lowest BCUT2D eigenvalue weighted by Crippen LogP contribution is -2.31. The minimum Gasteiger partial charge on any atom is -0.497 e. The molecule has 1 atom stereocenters. The molecule has 1 aromatic heterocycles. The summed E-state index contributed by atoms with van der Waals surface area (Å²) in [6.07, 6.45) is 0. The topological polar surface area (TPSA) is 93.3 Å². The highest BCUT2D eigenvalue weighted by Gasteiger charge is 2.38. The molecule has 8 heteroatoms. The highest BCUT2D eigenvalue weighted by Crippen LogP contribution is 2.43. The predicted octanol–water partition coefficient (Wildman–Crippen LogP) is 5.60. The van der Waals surface area contributed by atoms with Crippen LogP contribution in [0.4, 0.5) is 5.82 Å². The Bertz CT molecular complexity index is 1530.